The minimum absolute atomic E-state index is 0.230. The van der Waals surface area contributed by atoms with E-state index in [1.807, 2.05) is 69.3 Å². The summed E-state index contributed by atoms with van der Waals surface area (Å²) in [4.78, 5) is 16.5. The van der Waals surface area contributed by atoms with Gasteiger partial charge in [-0.15, -0.1) is 0 Å². The van der Waals surface area contributed by atoms with Crippen LogP contribution >= 0.6 is 0 Å². The van der Waals surface area contributed by atoms with Gasteiger partial charge in [0.25, 0.3) is 0 Å². The third-order valence-electron chi connectivity index (χ3n) is 5.71. The zero-order valence-electron chi connectivity index (χ0n) is 19.6. The number of nitrogens with zero attached hydrogens (tertiary/aromatic N) is 1. The highest BCUT2D eigenvalue weighted by Crippen LogP contribution is 2.31. The monoisotopic (exact) mass is 452 g/mol. The van der Waals surface area contributed by atoms with E-state index in [0.717, 1.165) is 27.8 Å². The first kappa shape index (κ1) is 23.2. The normalized spacial score (nSPS) is 11.0. The average Bonchev–Trinajstić information content (AvgIpc) is 2.83. The number of carboxylic acid groups (broad SMARTS) is 1. The molecule has 0 aliphatic carbocycles. The van der Waals surface area contributed by atoms with Crippen LogP contribution in [0, 0.1) is 6.92 Å². The summed E-state index contributed by atoms with van der Waals surface area (Å²) in [7, 11) is 0. The van der Waals surface area contributed by atoms with Gasteiger partial charge in [-0.05, 0) is 71.0 Å². The van der Waals surface area contributed by atoms with Crippen molar-refractivity contribution in [3.05, 3.63) is 101 Å². The smallest absolute Gasteiger partial charge is 0.336 e. The molecule has 0 aliphatic rings. The first-order valence-corrected chi connectivity index (χ1v) is 11.3. The van der Waals surface area contributed by atoms with Crippen LogP contribution < -0.4 is 10.5 Å². The van der Waals surface area contributed by atoms with E-state index in [4.69, 9.17) is 10.5 Å². The molecular weight excluding hydrogens is 424 g/mol. The molecule has 1 aromatic heterocycles. The quantitative estimate of drug-likeness (QED) is 0.322. The lowest BCUT2D eigenvalue weighted by molar-refractivity contribution is 0.0697. The standard InChI is InChI=1S/C29H28N2O3/c1-18(2)21-10-11-25(26(16-21)29(32)33)27-8-5-9-28(31-27)34-24-13-19(3)12-23(15-24)22-7-4-6-20(14-22)17-30/h4-16,18H,17,30H2,1-3H3,(H,32,33). The molecule has 0 saturated heterocycles. The van der Waals surface area contributed by atoms with E-state index < -0.39 is 5.97 Å². The molecule has 0 saturated carbocycles. The molecule has 34 heavy (non-hydrogen) atoms. The van der Waals surface area contributed by atoms with E-state index in [0.29, 0.717) is 29.4 Å². The molecule has 5 heteroatoms. The van der Waals surface area contributed by atoms with E-state index >= 15 is 0 Å². The number of aromatic nitrogens is 1. The van der Waals surface area contributed by atoms with Crippen LogP contribution in [0.1, 0.15) is 46.8 Å². The minimum atomic E-state index is -0.978. The summed E-state index contributed by atoms with van der Waals surface area (Å²) in [5, 5.41) is 9.78. The summed E-state index contributed by atoms with van der Waals surface area (Å²) in [5.41, 5.74) is 12.3. The van der Waals surface area contributed by atoms with Crippen molar-refractivity contribution in [2.24, 2.45) is 5.73 Å². The number of hydrogen-bond donors (Lipinski definition) is 2. The molecule has 0 spiro atoms. The molecule has 0 radical (unpaired) electrons. The summed E-state index contributed by atoms with van der Waals surface area (Å²) >= 11 is 0. The maximum absolute atomic E-state index is 11.9. The predicted molar refractivity (Wildman–Crippen MR) is 135 cm³/mol. The van der Waals surface area contributed by atoms with Crippen molar-refractivity contribution in [3.63, 3.8) is 0 Å². The topological polar surface area (TPSA) is 85.4 Å². The van der Waals surface area contributed by atoms with Crippen LogP contribution in [-0.4, -0.2) is 16.1 Å². The Bertz CT molecular complexity index is 1350. The second-order valence-electron chi connectivity index (χ2n) is 8.67. The molecule has 3 aromatic carbocycles. The Morgan fingerprint density at radius 2 is 1.76 bits per heavy atom. The average molecular weight is 453 g/mol. The summed E-state index contributed by atoms with van der Waals surface area (Å²) in [6, 6.07) is 25.0. The van der Waals surface area contributed by atoms with Gasteiger partial charge in [-0.25, -0.2) is 9.78 Å². The SMILES string of the molecule is Cc1cc(Oc2cccc(-c3ccc(C(C)C)cc3C(=O)O)n2)cc(-c2cccc(CN)c2)c1. The molecule has 0 fully saturated rings. The van der Waals surface area contributed by atoms with Gasteiger partial charge in [0.1, 0.15) is 5.75 Å². The van der Waals surface area contributed by atoms with Gasteiger partial charge in [0.05, 0.1) is 11.3 Å². The van der Waals surface area contributed by atoms with Crippen molar-refractivity contribution >= 4 is 5.97 Å². The van der Waals surface area contributed by atoms with Gasteiger partial charge in [-0.2, -0.15) is 0 Å². The Balaban J connectivity index is 1.68. The highest BCUT2D eigenvalue weighted by molar-refractivity contribution is 5.95. The van der Waals surface area contributed by atoms with Crippen LogP contribution in [0.2, 0.25) is 0 Å². The van der Waals surface area contributed by atoms with Crippen LogP contribution in [0.3, 0.4) is 0 Å². The van der Waals surface area contributed by atoms with Gasteiger partial charge in [-0.3, -0.25) is 0 Å². The molecular formula is C29H28N2O3. The molecule has 0 bridgehead atoms. The molecule has 0 aliphatic heterocycles. The lowest BCUT2D eigenvalue weighted by Crippen LogP contribution is -2.03. The maximum Gasteiger partial charge on any atom is 0.336 e. The maximum atomic E-state index is 11.9. The van der Waals surface area contributed by atoms with Gasteiger partial charge >= 0.3 is 5.97 Å². The van der Waals surface area contributed by atoms with Crippen molar-refractivity contribution in [2.45, 2.75) is 33.2 Å². The first-order chi connectivity index (χ1) is 16.3. The van der Waals surface area contributed by atoms with Crippen LogP contribution in [0.5, 0.6) is 11.6 Å². The fourth-order valence-corrected chi connectivity index (χ4v) is 3.92. The number of ether oxygens (including phenoxy) is 1. The minimum Gasteiger partial charge on any atom is -0.478 e. The predicted octanol–water partition coefficient (Wildman–Crippen LogP) is 6.80. The van der Waals surface area contributed by atoms with Crippen LogP contribution in [-0.2, 0) is 6.54 Å². The van der Waals surface area contributed by atoms with E-state index in [2.05, 4.69) is 17.1 Å². The van der Waals surface area contributed by atoms with E-state index in [1.54, 1.807) is 18.2 Å². The summed E-state index contributed by atoms with van der Waals surface area (Å²) < 4.78 is 6.12. The molecule has 0 unspecified atom stereocenters. The van der Waals surface area contributed by atoms with Gasteiger partial charge in [0.15, 0.2) is 0 Å². The summed E-state index contributed by atoms with van der Waals surface area (Å²) in [6.45, 7) is 6.57. The molecule has 0 atom stereocenters. The summed E-state index contributed by atoms with van der Waals surface area (Å²) in [6.07, 6.45) is 0. The Hall–Kier alpha value is -3.96. The van der Waals surface area contributed by atoms with Crippen molar-refractivity contribution in [3.8, 4) is 34.0 Å². The number of nitrogens with two attached hydrogens (primary N) is 1. The Kier molecular flexibility index (Phi) is 6.75. The second-order valence-corrected chi connectivity index (χ2v) is 8.67. The molecule has 172 valence electrons. The van der Waals surface area contributed by atoms with Crippen LogP contribution in [0.15, 0.2) is 78.9 Å². The van der Waals surface area contributed by atoms with Crippen molar-refractivity contribution in [1.29, 1.82) is 0 Å². The Morgan fingerprint density at radius 3 is 2.50 bits per heavy atom. The third kappa shape index (κ3) is 5.16. The Labute approximate surface area is 199 Å². The number of hydrogen-bond acceptors (Lipinski definition) is 4. The Morgan fingerprint density at radius 1 is 0.971 bits per heavy atom. The number of carbonyl (C=O) groups is 1. The van der Waals surface area contributed by atoms with E-state index in [1.165, 1.54) is 0 Å². The fourth-order valence-electron chi connectivity index (χ4n) is 3.92. The fraction of sp³-hybridized carbons (Fsp3) is 0.172. The van der Waals surface area contributed by atoms with Crippen LogP contribution in [0.25, 0.3) is 22.4 Å². The molecule has 4 rings (SSSR count). The summed E-state index contributed by atoms with van der Waals surface area (Å²) in [5.74, 6) is 0.310. The van der Waals surface area contributed by atoms with Crippen molar-refractivity contribution < 1.29 is 14.6 Å². The zero-order chi connectivity index (χ0) is 24.2. The van der Waals surface area contributed by atoms with Crippen molar-refractivity contribution in [1.82, 2.24) is 4.98 Å². The van der Waals surface area contributed by atoms with E-state index in [-0.39, 0.29) is 11.5 Å². The molecule has 3 N–H and O–H groups in total. The number of aryl methyl sites for hydroxylation is 1. The number of benzene rings is 3. The van der Waals surface area contributed by atoms with E-state index in [9.17, 15) is 9.90 Å². The molecule has 1 heterocycles. The van der Waals surface area contributed by atoms with Gasteiger partial charge in [0.2, 0.25) is 5.88 Å². The second kappa shape index (κ2) is 9.89. The van der Waals surface area contributed by atoms with Gasteiger partial charge in [-0.1, -0.05) is 56.3 Å². The highest BCUT2D eigenvalue weighted by atomic mass is 16.5. The van der Waals surface area contributed by atoms with Crippen molar-refractivity contribution in [2.75, 3.05) is 0 Å². The molecule has 4 aromatic rings. The highest BCUT2D eigenvalue weighted by Gasteiger charge is 2.16. The number of rotatable bonds is 7. The molecule has 0 amide bonds. The molecule has 5 nitrogen and oxygen atoms in total. The third-order valence-corrected chi connectivity index (χ3v) is 5.71. The largest absolute Gasteiger partial charge is 0.478 e. The van der Waals surface area contributed by atoms with Gasteiger partial charge in [0, 0.05) is 18.2 Å². The number of pyridine rings is 1. The first-order valence-electron chi connectivity index (χ1n) is 11.3. The lowest BCUT2D eigenvalue weighted by atomic mass is 9.95. The van der Waals surface area contributed by atoms with Crippen LogP contribution in [0.4, 0.5) is 0 Å². The number of aromatic carboxylic acids is 1. The van der Waals surface area contributed by atoms with Gasteiger partial charge < -0.3 is 15.6 Å². The lowest BCUT2D eigenvalue weighted by Gasteiger charge is -2.13. The number of carboxylic acids is 1. The zero-order valence-corrected chi connectivity index (χ0v) is 19.6.